The molecule has 4 rings (SSSR count). The molecule has 3 amide bonds. The minimum absolute atomic E-state index is 0.0580. The van der Waals surface area contributed by atoms with Gasteiger partial charge in [-0.25, -0.2) is 4.79 Å². The molecule has 0 spiro atoms. The lowest BCUT2D eigenvalue weighted by molar-refractivity contribution is 0.0951. The molecule has 2 aromatic carbocycles. The number of hydrogen-bond acceptors (Lipinski definition) is 5. The molecule has 0 saturated carbocycles. The number of amides is 3. The Kier molecular flexibility index (Phi) is 10.4. The molecule has 40 heavy (non-hydrogen) atoms. The van der Waals surface area contributed by atoms with E-state index < -0.39 is 0 Å². The number of aromatic nitrogens is 1. The van der Waals surface area contributed by atoms with Crippen LogP contribution in [0, 0.1) is 0 Å². The molecule has 1 aromatic heterocycles. The molecule has 0 atom stereocenters. The van der Waals surface area contributed by atoms with Gasteiger partial charge in [0.25, 0.3) is 5.91 Å². The topological polar surface area (TPSA) is 94.6 Å². The van der Waals surface area contributed by atoms with E-state index in [9.17, 15) is 14.4 Å². The Morgan fingerprint density at radius 1 is 0.875 bits per heavy atom. The summed E-state index contributed by atoms with van der Waals surface area (Å²) < 4.78 is 0. The Bertz CT molecular complexity index is 1350. The van der Waals surface area contributed by atoms with Gasteiger partial charge >= 0.3 is 6.03 Å². The second-order valence-corrected chi connectivity index (χ2v) is 10.4. The van der Waals surface area contributed by atoms with Crippen molar-refractivity contribution in [1.29, 1.82) is 0 Å². The number of urea groups is 1. The highest BCUT2D eigenvalue weighted by molar-refractivity contribution is 6.35. The van der Waals surface area contributed by atoms with Crippen LogP contribution < -0.4 is 15.5 Å². The van der Waals surface area contributed by atoms with Crippen molar-refractivity contribution in [2.75, 3.05) is 44.2 Å². The monoisotopic (exact) mass is 581 g/mol. The summed E-state index contributed by atoms with van der Waals surface area (Å²) >= 11 is 12.2. The van der Waals surface area contributed by atoms with Gasteiger partial charge in [-0.05, 0) is 73.4 Å². The second-order valence-electron chi connectivity index (χ2n) is 9.58. The molecule has 0 unspecified atom stereocenters. The van der Waals surface area contributed by atoms with Gasteiger partial charge < -0.3 is 20.4 Å². The molecule has 0 aliphatic carbocycles. The molecule has 8 nitrogen and oxygen atoms in total. The summed E-state index contributed by atoms with van der Waals surface area (Å²) in [6, 6.07) is 14.1. The van der Waals surface area contributed by atoms with Crippen molar-refractivity contribution in [2.45, 2.75) is 26.2 Å². The number of carbonyl (C=O) groups excluding carboxylic acids is 3. The predicted octanol–water partition coefficient (Wildman–Crippen LogP) is 5.03. The van der Waals surface area contributed by atoms with Crippen molar-refractivity contribution in [2.24, 2.45) is 0 Å². The zero-order valence-corrected chi connectivity index (χ0v) is 24.0. The standard InChI is InChI=1S/C30H33Cl2N5O3/c1-2-34-30(40)37-15-3-14-36(16-17-37)27-7-5-23(18-24(27)19-28(38)22-8-11-33-12-9-22)29(39)35-13-10-21-4-6-25(31)20-26(21)32/h4-9,11-12,18,20H,2-3,10,13-17,19H2,1H3,(H,34,40)(H,35,39). The fourth-order valence-electron chi connectivity index (χ4n) is 4.75. The molecule has 1 fully saturated rings. The Morgan fingerprint density at radius 3 is 2.42 bits per heavy atom. The van der Waals surface area contributed by atoms with Crippen LogP contribution in [0.4, 0.5) is 10.5 Å². The number of pyridine rings is 1. The Hall–Kier alpha value is -3.62. The second kappa shape index (κ2) is 14.1. The van der Waals surface area contributed by atoms with Crippen LogP contribution in [0.15, 0.2) is 60.9 Å². The normalized spacial score (nSPS) is 13.5. The quantitative estimate of drug-likeness (QED) is 0.346. The zero-order valence-electron chi connectivity index (χ0n) is 22.5. The number of ketones is 1. The molecular weight excluding hydrogens is 549 g/mol. The lowest BCUT2D eigenvalue weighted by Gasteiger charge is -2.26. The minimum atomic E-state index is -0.229. The van der Waals surface area contributed by atoms with Gasteiger partial charge in [0.1, 0.15) is 0 Å². The van der Waals surface area contributed by atoms with E-state index in [1.807, 2.05) is 24.0 Å². The number of Topliss-reactive ketones (excluding diaryl/α,β-unsaturated/α-hetero) is 1. The minimum Gasteiger partial charge on any atom is -0.369 e. The number of nitrogens with one attached hydrogen (secondary N) is 2. The van der Waals surface area contributed by atoms with Crippen LogP contribution in [0.2, 0.25) is 10.0 Å². The van der Waals surface area contributed by atoms with Crippen LogP contribution in [0.1, 0.15) is 45.2 Å². The molecule has 1 aliphatic heterocycles. The summed E-state index contributed by atoms with van der Waals surface area (Å²) in [5, 5.41) is 6.94. The van der Waals surface area contributed by atoms with Crippen molar-refractivity contribution in [3.05, 3.63) is 93.2 Å². The molecule has 0 radical (unpaired) electrons. The zero-order chi connectivity index (χ0) is 28.5. The van der Waals surface area contributed by atoms with Crippen LogP contribution in [0.5, 0.6) is 0 Å². The molecule has 1 saturated heterocycles. The average Bonchev–Trinajstić information content (AvgIpc) is 3.21. The number of rotatable bonds is 9. The van der Waals surface area contributed by atoms with Gasteiger partial charge in [-0.15, -0.1) is 0 Å². The first-order valence-electron chi connectivity index (χ1n) is 13.4. The molecular formula is C30H33Cl2N5O3. The number of nitrogens with zero attached hydrogens (tertiary/aromatic N) is 3. The Morgan fingerprint density at radius 2 is 1.68 bits per heavy atom. The smallest absolute Gasteiger partial charge is 0.317 e. The summed E-state index contributed by atoms with van der Waals surface area (Å²) in [5.74, 6) is -0.287. The third-order valence-electron chi connectivity index (χ3n) is 6.84. The van der Waals surface area contributed by atoms with E-state index in [-0.39, 0.29) is 24.1 Å². The average molecular weight is 583 g/mol. The highest BCUT2D eigenvalue weighted by Crippen LogP contribution is 2.26. The summed E-state index contributed by atoms with van der Waals surface area (Å²) in [5.41, 5.74) is 3.59. The van der Waals surface area contributed by atoms with Gasteiger partial charge in [0, 0.05) is 84.9 Å². The molecule has 3 aromatic rings. The first-order chi connectivity index (χ1) is 19.4. The number of carbonyl (C=O) groups is 3. The maximum Gasteiger partial charge on any atom is 0.317 e. The van der Waals surface area contributed by atoms with E-state index in [4.69, 9.17) is 23.2 Å². The fourth-order valence-corrected chi connectivity index (χ4v) is 5.25. The number of halogens is 2. The highest BCUT2D eigenvalue weighted by atomic mass is 35.5. The van der Waals surface area contributed by atoms with E-state index in [1.54, 1.807) is 48.8 Å². The lowest BCUT2D eigenvalue weighted by atomic mass is 9.99. The maximum absolute atomic E-state index is 13.2. The largest absolute Gasteiger partial charge is 0.369 e. The van der Waals surface area contributed by atoms with E-state index >= 15 is 0 Å². The summed E-state index contributed by atoms with van der Waals surface area (Å²) in [6.45, 7) is 5.47. The van der Waals surface area contributed by atoms with Crippen LogP contribution in [-0.2, 0) is 12.8 Å². The first kappa shape index (κ1) is 29.4. The molecule has 0 bridgehead atoms. The molecule has 2 heterocycles. The maximum atomic E-state index is 13.2. The van der Waals surface area contributed by atoms with Crippen molar-refractivity contribution in [3.63, 3.8) is 0 Å². The van der Waals surface area contributed by atoms with Crippen LogP contribution in [0.25, 0.3) is 0 Å². The van der Waals surface area contributed by atoms with Crippen molar-refractivity contribution in [1.82, 2.24) is 20.5 Å². The van der Waals surface area contributed by atoms with E-state index in [0.29, 0.717) is 60.3 Å². The first-order valence-corrected chi connectivity index (χ1v) is 14.2. The van der Waals surface area contributed by atoms with Crippen LogP contribution in [0.3, 0.4) is 0 Å². The highest BCUT2D eigenvalue weighted by Gasteiger charge is 2.22. The predicted molar refractivity (Wildman–Crippen MR) is 159 cm³/mol. The van der Waals surface area contributed by atoms with Gasteiger partial charge in [0.05, 0.1) is 0 Å². The summed E-state index contributed by atoms with van der Waals surface area (Å²) in [6.07, 6.45) is 4.68. The number of benzene rings is 2. The van der Waals surface area contributed by atoms with E-state index in [2.05, 4.69) is 20.5 Å². The van der Waals surface area contributed by atoms with Gasteiger partial charge in [-0.1, -0.05) is 29.3 Å². The van der Waals surface area contributed by atoms with Gasteiger partial charge in [0.2, 0.25) is 0 Å². The molecule has 2 N–H and O–H groups in total. The lowest BCUT2D eigenvalue weighted by Crippen LogP contribution is -2.42. The van der Waals surface area contributed by atoms with Crippen LogP contribution >= 0.6 is 23.2 Å². The molecule has 1 aliphatic rings. The third kappa shape index (κ3) is 7.73. The third-order valence-corrected chi connectivity index (χ3v) is 7.43. The number of hydrogen-bond donors (Lipinski definition) is 2. The van der Waals surface area contributed by atoms with Gasteiger partial charge in [-0.2, -0.15) is 0 Å². The van der Waals surface area contributed by atoms with Gasteiger partial charge in [0.15, 0.2) is 5.78 Å². The molecule has 10 heteroatoms. The van der Waals surface area contributed by atoms with Crippen molar-refractivity contribution in [3.8, 4) is 0 Å². The fraction of sp³-hybridized carbons (Fsp3) is 0.333. The molecule has 210 valence electrons. The van der Waals surface area contributed by atoms with Gasteiger partial charge in [-0.3, -0.25) is 14.6 Å². The Balaban J connectivity index is 1.51. The van der Waals surface area contributed by atoms with Crippen LogP contribution in [-0.4, -0.2) is 66.9 Å². The Labute approximate surface area is 244 Å². The number of anilines is 1. The summed E-state index contributed by atoms with van der Waals surface area (Å²) in [7, 11) is 0. The van der Waals surface area contributed by atoms with E-state index in [1.165, 1.54) is 0 Å². The van der Waals surface area contributed by atoms with Crippen molar-refractivity contribution < 1.29 is 14.4 Å². The SMILES string of the molecule is CCNC(=O)N1CCCN(c2ccc(C(=O)NCCc3ccc(Cl)cc3Cl)cc2CC(=O)c2ccncc2)CC1. The summed E-state index contributed by atoms with van der Waals surface area (Å²) in [4.78, 5) is 46.6. The van der Waals surface area contributed by atoms with Crippen molar-refractivity contribution >= 4 is 46.6 Å². The van der Waals surface area contributed by atoms with E-state index in [0.717, 1.165) is 29.8 Å².